The average Bonchev–Trinajstić information content (AvgIpc) is 3.01. The summed E-state index contributed by atoms with van der Waals surface area (Å²) in [5, 5.41) is 1.01. The molecule has 1 aromatic carbocycles. The lowest BCUT2D eigenvalue weighted by Crippen LogP contribution is -2.49. The molecule has 0 saturated carbocycles. The molecular formula is C18H22N4O4. The van der Waals surface area contributed by atoms with Gasteiger partial charge < -0.3 is 23.9 Å². The number of cyclic esters (lactones) is 1. The van der Waals surface area contributed by atoms with Gasteiger partial charge in [0.05, 0.1) is 20.2 Å². The topological polar surface area (TPSA) is 76.0 Å². The van der Waals surface area contributed by atoms with Gasteiger partial charge in [0, 0.05) is 36.7 Å². The van der Waals surface area contributed by atoms with Gasteiger partial charge in [-0.1, -0.05) is 0 Å². The van der Waals surface area contributed by atoms with Crippen molar-refractivity contribution in [1.82, 2.24) is 14.9 Å². The van der Waals surface area contributed by atoms with Crippen LogP contribution in [0.25, 0.3) is 10.9 Å². The number of nitrogens with zero attached hydrogens (tertiary/aromatic N) is 3. The first-order chi connectivity index (χ1) is 12.6. The molecule has 0 radical (unpaired) electrons. The smallest absolute Gasteiger partial charge is 0.325 e. The van der Waals surface area contributed by atoms with Crippen molar-refractivity contribution in [1.29, 1.82) is 0 Å². The number of nitrogens with one attached hydrogen (secondary N) is 1. The molecular weight excluding hydrogens is 336 g/mol. The number of esters is 1. The van der Waals surface area contributed by atoms with Gasteiger partial charge in [-0.05, 0) is 24.3 Å². The molecule has 0 spiro atoms. The number of hydrogen-bond acceptors (Lipinski definition) is 6. The van der Waals surface area contributed by atoms with Gasteiger partial charge >= 0.3 is 5.97 Å². The zero-order chi connectivity index (χ0) is 18.3. The largest absolute Gasteiger partial charge is 0.458 e. The highest BCUT2D eigenvalue weighted by molar-refractivity contribution is 6.00. The van der Waals surface area contributed by atoms with Crippen LogP contribution in [-0.4, -0.2) is 67.8 Å². The highest BCUT2D eigenvalue weighted by atomic mass is 16.6. The second-order valence-electron chi connectivity index (χ2n) is 6.70. The van der Waals surface area contributed by atoms with Crippen molar-refractivity contribution in [3.05, 3.63) is 30.0 Å². The van der Waals surface area contributed by atoms with Crippen LogP contribution in [-0.2, 0) is 20.9 Å². The van der Waals surface area contributed by atoms with Crippen LogP contribution < -0.4 is 10.4 Å². The number of likely N-dealkylation sites (N-methyl/N-ethyl adjacent to an activating group) is 1. The number of fused-ring (bicyclic) bond motifs is 3. The van der Waals surface area contributed by atoms with Crippen molar-refractivity contribution < 1.29 is 19.2 Å². The Morgan fingerprint density at radius 3 is 2.92 bits per heavy atom. The SMILES string of the molecule is CONCC1CN(c2ccc3c(c2)cc2n3CCN(C)C2=O)CC(=O)O1. The van der Waals surface area contributed by atoms with Crippen LogP contribution in [0.4, 0.5) is 5.69 Å². The first-order valence-corrected chi connectivity index (χ1v) is 8.66. The predicted octanol–water partition coefficient (Wildman–Crippen LogP) is 0.610. The average molecular weight is 358 g/mol. The Hall–Kier alpha value is -2.58. The second-order valence-corrected chi connectivity index (χ2v) is 6.70. The van der Waals surface area contributed by atoms with E-state index in [2.05, 4.69) is 10.0 Å². The number of hydrogen-bond donors (Lipinski definition) is 1. The Morgan fingerprint density at radius 2 is 2.12 bits per heavy atom. The number of aromatic nitrogens is 1. The molecule has 2 aliphatic heterocycles. The first kappa shape index (κ1) is 16.9. The van der Waals surface area contributed by atoms with E-state index in [4.69, 9.17) is 9.57 Å². The number of ether oxygens (including phenoxy) is 1. The molecule has 138 valence electrons. The molecule has 1 N–H and O–H groups in total. The standard InChI is InChI=1S/C18H22N4O4/c1-20-5-6-22-15-4-3-13(7-12(15)8-16(22)18(20)24)21-10-14(9-19-25-2)26-17(23)11-21/h3-4,7-8,14,19H,5-6,9-11H2,1-2H3. The third-order valence-corrected chi connectivity index (χ3v) is 4.97. The Balaban J connectivity index is 1.63. The molecule has 1 unspecified atom stereocenters. The summed E-state index contributed by atoms with van der Waals surface area (Å²) < 4.78 is 7.41. The van der Waals surface area contributed by atoms with E-state index in [-0.39, 0.29) is 24.5 Å². The van der Waals surface area contributed by atoms with Crippen LogP contribution in [0.5, 0.6) is 0 Å². The number of morpholine rings is 1. The Bertz CT molecular complexity index is 862. The minimum atomic E-state index is -0.274. The highest BCUT2D eigenvalue weighted by Gasteiger charge is 2.28. The molecule has 2 aliphatic rings. The molecule has 1 atom stereocenters. The van der Waals surface area contributed by atoms with E-state index in [1.165, 1.54) is 7.11 Å². The van der Waals surface area contributed by atoms with Crippen LogP contribution in [0.15, 0.2) is 24.3 Å². The summed E-state index contributed by atoms with van der Waals surface area (Å²) in [6.07, 6.45) is -0.274. The molecule has 1 amide bonds. The van der Waals surface area contributed by atoms with Gasteiger partial charge in [-0.2, -0.15) is 5.48 Å². The lowest BCUT2D eigenvalue weighted by atomic mass is 10.2. The fraction of sp³-hybridized carbons (Fsp3) is 0.444. The maximum atomic E-state index is 12.4. The number of anilines is 1. The van der Waals surface area contributed by atoms with E-state index in [0.717, 1.165) is 23.1 Å². The molecule has 0 aliphatic carbocycles. The number of benzene rings is 1. The number of amides is 1. The van der Waals surface area contributed by atoms with Gasteiger partial charge in [0.2, 0.25) is 0 Å². The Kier molecular flexibility index (Phi) is 4.29. The van der Waals surface area contributed by atoms with Crippen molar-refractivity contribution in [3.63, 3.8) is 0 Å². The number of carbonyl (C=O) groups is 2. The minimum Gasteiger partial charge on any atom is -0.458 e. The predicted molar refractivity (Wildman–Crippen MR) is 96.0 cm³/mol. The van der Waals surface area contributed by atoms with Crippen LogP contribution in [0, 0.1) is 0 Å². The first-order valence-electron chi connectivity index (χ1n) is 8.66. The van der Waals surface area contributed by atoms with E-state index in [0.29, 0.717) is 25.3 Å². The van der Waals surface area contributed by atoms with E-state index >= 15 is 0 Å². The third kappa shape index (κ3) is 2.91. The molecule has 1 saturated heterocycles. The van der Waals surface area contributed by atoms with Crippen molar-refractivity contribution in [2.24, 2.45) is 0 Å². The summed E-state index contributed by atoms with van der Waals surface area (Å²) in [4.78, 5) is 32.9. The number of carbonyl (C=O) groups excluding carboxylic acids is 2. The van der Waals surface area contributed by atoms with E-state index in [9.17, 15) is 9.59 Å². The summed E-state index contributed by atoms with van der Waals surface area (Å²) in [5.74, 6) is -0.214. The number of hydroxylamine groups is 1. The zero-order valence-corrected chi connectivity index (χ0v) is 14.9. The van der Waals surface area contributed by atoms with Gasteiger partial charge in [-0.25, -0.2) is 0 Å². The molecule has 8 heteroatoms. The van der Waals surface area contributed by atoms with Gasteiger partial charge in [-0.15, -0.1) is 0 Å². The molecule has 2 aromatic rings. The zero-order valence-electron chi connectivity index (χ0n) is 14.9. The van der Waals surface area contributed by atoms with Crippen molar-refractivity contribution >= 4 is 28.5 Å². The molecule has 1 fully saturated rings. The van der Waals surface area contributed by atoms with Crippen LogP contribution >= 0.6 is 0 Å². The van der Waals surface area contributed by atoms with E-state index in [1.54, 1.807) is 4.90 Å². The van der Waals surface area contributed by atoms with Crippen LogP contribution in [0.2, 0.25) is 0 Å². The highest BCUT2D eigenvalue weighted by Crippen LogP contribution is 2.28. The summed E-state index contributed by atoms with van der Waals surface area (Å²) in [6.45, 7) is 2.74. The van der Waals surface area contributed by atoms with Gasteiger partial charge in [0.15, 0.2) is 0 Å². The maximum absolute atomic E-state index is 12.4. The van der Waals surface area contributed by atoms with Gasteiger partial charge in [0.25, 0.3) is 5.91 Å². The molecule has 4 rings (SSSR count). The summed E-state index contributed by atoms with van der Waals surface area (Å²) in [7, 11) is 3.35. The van der Waals surface area contributed by atoms with Gasteiger partial charge in [-0.3, -0.25) is 9.59 Å². The molecule has 8 nitrogen and oxygen atoms in total. The van der Waals surface area contributed by atoms with E-state index in [1.807, 2.05) is 36.2 Å². The van der Waals surface area contributed by atoms with E-state index < -0.39 is 0 Å². The summed E-state index contributed by atoms with van der Waals surface area (Å²) >= 11 is 0. The lowest BCUT2D eigenvalue weighted by Gasteiger charge is -2.33. The van der Waals surface area contributed by atoms with Crippen LogP contribution in [0.1, 0.15) is 10.5 Å². The minimum absolute atomic E-state index is 0.0428. The summed E-state index contributed by atoms with van der Waals surface area (Å²) in [5.41, 5.74) is 5.44. The summed E-state index contributed by atoms with van der Waals surface area (Å²) in [6, 6.07) is 7.99. The second kappa shape index (κ2) is 6.62. The van der Waals surface area contributed by atoms with Crippen molar-refractivity contribution in [3.8, 4) is 0 Å². The molecule has 26 heavy (non-hydrogen) atoms. The normalized spacial score (nSPS) is 20.5. The molecule has 1 aromatic heterocycles. The monoisotopic (exact) mass is 358 g/mol. The fourth-order valence-electron chi connectivity index (χ4n) is 3.63. The Morgan fingerprint density at radius 1 is 1.27 bits per heavy atom. The van der Waals surface area contributed by atoms with Gasteiger partial charge in [0.1, 0.15) is 18.3 Å². The Labute approximate surface area is 151 Å². The van der Waals surface area contributed by atoms with Crippen molar-refractivity contribution in [2.75, 3.05) is 45.2 Å². The lowest BCUT2D eigenvalue weighted by molar-refractivity contribution is -0.150. The maximum Gasteiger partial charge on any atom is 0.325 e. The van der Waals surface area contributed by atoms with Crippen molar-refractivity contribution in [2.45, 2.75) is 12.6 Å². The molecule has 0 bridgehead atoms. The van der Waals surface area contributed by atoms with Crippen LogP contribution in [0.3, 0.4) is 0 Å². The quantitative estimate of drug-likeness (QED) is 0.638. The third-order valence-electron chi connectivity index (χ3n) is 4.97. The molecule has 3 heterocycles. The fourth-order valence-corrected chi connectivity index (χ4v) is 3.63. The number of rotatable bonds is 4.